The molecule has 3 nitrogen and oxygen atoms in total. The molecule has 1 aromatic rings. The molecule has 1 rings (SSSR count). The molecule has 1 aromatic carbocycles. The van der Waals surface area contributed by atoms with Crippen LogP contribution in [-0.2, 0) is 19.7 Å². The van der Waals surface area contributed by atoms with Crippen molar-refractivity contribution in [3.05, 3.63) is 35.1 Å². The second kappa shape index (κ2) is 9.12. The first-order valence-corrected chi connectivity index (χ1v) is 7.80. The molecule has 0 N–H and O–H groups in total. The van der Waals surface area contributed by atoms with Crippen LogP contribution in [0.4, 0.5) is 13.2 Å². The minimum Gasteiger partial charge on any atom is -0.379 e. The van der Waals surface area contributed by atoms with E-state index in [-0.39, 0.29) is 5.56 Å². The maximum atomic E-state index is 13.3. The molecule has 0 bridgehead atoms. The molecule has 0 saturated carbocycles. The van der Waals surface area contributed by atoms with Crippen LogP contribution in [0.5, 0.6) is 0 Å². The van der Waals surface area contributed by atoms with Gasteiger partial charge in [-0.05, 0) is 30.9 Å². The number of benzene rings is 1. The highest BCUT2D eigenvalue weighted by Crippen LogP contribution is 2.16. The zero-order valence-corrected chi connectivity index (χ0v) is 12.8. The molecule has 114 valence electrons. The van der Waals surface area contributed by atoms with E-state index in [0.717, 1.165) is 18.9 Å². The number of hydrogen-bond donors (Lipinski definition) is 0. The third kappa shape index (κ3) is 5.62. The molecule has 0 atom stereocenters. The number of rotatable bonds is 9. The molecule has 0 aromatic heterocycles. The fourth-order valence-corrected chi connectivity index (χ4v) is 2.59. The largest absolute Gasteiger partial charge is 0.483 e. The summed E-state index contributed by atoms with van der Waals surface area (Å²) < 4.78 is 54.4. The first kappa shape index (κ1) is 17.2. The van der Waals surface area contributed by atoms with Gasteiger partial charge in [0.25, 0.3) is 0 Å². The lowest BCUT2D eigenvalue weighted by Gasteiger charge is -2.11. The van der Waals surface area contributed by atoms with Gasteiger partial charge in [0.15, 0.2) is 11.6 Å². The summed E-state index contributed by atoms with van der Waals surface area (Å²) in [5.41, 5.74) is 0.200. The Balaban J connectivity index is 2.23. The molecule has 0 aliphatic rings. The second-order valence-electron chi connectivity index (χ2n) is 4.30. The summed E-state index contributed by atoms with van der Waals surface area (Å²) >= 11 is 0. The Bertz CT molecular complexity index is 414. The highest BCUT2D eigenvalue weighted by molar-refractivity contribution is 6.36. The van der Waals surface area contributed by atoms with Crippen molar-refractivity contribution < 1.29 is 26.4 Å². The van der Waals surface area contributed by atoms with Crippen molar-refractivity contribution in [1.82, 2.24) is 0 Å². The third-order valence-corrected chi connectivity index (χ3v) is 4.10. The summed E-state index contributed by atoms with van der Waals surface area (Å²) in [6, 6.07) is 1.50. The molecule has 0 fully saturated rings. The van der Waals surface area contributed by atoms with E-state index < -0.39 is 27.0 Å². The lowest BCUT2D eigenvalue weighted by Crippen LogP contribution is -2.24. The van der Waals surface area contributed by atoms with Crippen molar-refractivity contribution in [2.24, 2.45) is 0 Å². The van der Waals surface area contributed by atoms with Gasteiger partial charge in [0.2, 0.25) is 0 Å². The molecule has 0 aliphatic carbocycles. The van der Waals surface area contributed by atoms with Gasteiger partial charge in [0.1, 0.15) is 5.82 Å². The molecule has 0 aliphatic heterocycles. The predicted octanol–water partition coefficient (Wildman–Crippen LogP) is 2.84. The van der Waals surface area contributed by atoms with Gasteiger partial charge in [0, 0.05) is 26.9 Å². The standard InChI is InChI=1S/C13H19F3O3Si/c1-17-20(18-2)19-7-5-3-4-6-10-8-12(15)13(16)9-11(10)14/h8-9,20H,3-7H2,1-2H3. The van der Waals surface area contributed by atoms with Crippen molar-refractivity contribution in [2.45, 2.75) is 25.7 Å². The van der Waals surface area contributed by atoms with E-state index in [2.05, 4.69) is 0 Å². The predicted molar refractivity (Wildman–Crippen MR) is 71.0 cm³/mol. The normalized spacial score (nSPS) is 11.3. The average Bonchev–Trinajstić information content (AvgIpc) is 2.43. The number of aryl methyl sites for hydroxylation is 1. The Morgan fingerprint density at radius 2 is 1.55 bits per heavy atom. The van der Waals surface area contributed by atoms with Crippen molar-refractivity contribution >= 4 is 9.53 Å². The van der Waals surface area contributed by atoms with Crippen LogP contribution in [0.2, 0.25) is 0 Å². The van der Waals surface area contributed by atoms with E-state index in [4.69, 9.17) is 13.3 Å². The zero-order valence-electron chi connectivity index (χ0n) is 11.6. The van der Waals surface area contributed by atoms with Crippen LogP contribution in [0.3, 0.4) is 0 Å². The lowest BCUT2D eigenvalue weighted by atomic mass is 10.1. The van der Waals surface area contributed by atoms with Gasteiger partial charge in [-0.2, -0.15) is 0 Å². The molecule has 0 heterocycles. The third-order valence-electron chi connectivity index (χ3n) is 2.82. The Morgan fingerprint density at radius 3 is 2.20 bits per heavy atom. The summed E-state index contributed by atoms with van der Waals surface area (Å²) in [4.78, 5) is 0. The van der Waals surface area contributed by atoms with Crippen molar-refractivity contribution in [3.8, 4) is 0 Å². The Hall–Kier alpha value is -0.893. The minimum absolute atomic E-state index is 0.200. The number of hydrogen-bond acceptors (Lipinski definition) is 3. The van der Waals surface area contributed by atoms with Gasteiger partial charge in [-0.15, -0.1) is 0 Å². The van der Waals surface area contributed by atoms with Crippen LogP contribution in [0.15, 0.2) is 12.1 Å². The molecule has 7 heteroatoms. The summed E-state index contributed by atoms with van der Waals surface area (Å²) in [7, 11) is 1.09. The lowest BCUT2D eigenvalue weighted by molar-refractivity contribution is 0.133. The Labute approximate surface area is 118 Å². The van der Waals surface area contributed by atoms with Crippen LogP contribution in [0.25, 0.3) is 0 Å². The van der Waals surface area contributed by atoms with Crippen molar-refractivity contribution in [3.63, 3.8) is 0 Å². The first-order chi connectivity index (χ1) is 9.58. The van der Waals surface area contributed by atoms with Crippen LogP contribution < -0.4 is 0 Å². The fourth-order valence-electron chi connectivity index (χ4n) is 1.76. The second-order valence-corrected chi connectivity index (χ2v) is 6.15. The van der Waals surface area contributed by atoms with Crippen LogP contribution >= 0.6 is 0 Å². The van der Waals surface area contributed by atoms with Crippen molar-refractivity contribution in [1.29, 1.82) is 0 Å². The molecule has 0 unspecified atom stereocenters. The van der Waals surface area contributed by atoms with E-state index in [0.29, 0.717) is 25.5 Å². The van der Waals surface area contributed by atoms with E-state index in [1.165, 1.54) is 14.2 Å². The smallest absolute Gasteiger partial charge is 0.379 e. The van der Waals surface area contributed by atoms with Crippen molar-refractivity contribution in [2.75, 3.05) is 20.8 Å². The number of halogens is 3. The van der Waals surface area contributed by atoms with E-state index in [1.54, 1.807) is 0 Å². The summed E-state index contributed by atoms with van der Waals surface area (Å²) in [6.45, 7) is 0.513. The SMILES string of the molecule is CO[SiH](OC)OCCCCCc1cc(F)c(F)cc1F. The zero-order chi connectivity index (χ0) is 15.0. The highest BCUT2D eigenvalue weighted by atomic mass is 28.3. The Kier molecular flexibility index (Phi) is 7.82. The molecule has 0 radical (unpaired) electrons. The van der Waals surface area contributed by atoms with Gasteiger partial charge in [-0.25, -0.2) is 13.2 Å². The summed E-state index contributed by atoms with van der Waals surface area (Å²) in [5, 5.41) is 0. The first-order valence-electron chi connectivity index (χ1n) is 6.39. The fraction of sp³-hybridized carbons (Fsp3) is 0.538. The molecule has 0 saturated heterocycles. The molecule has 0 spiro atoms. The van der Waals surface area contributed by atoms with Gasteiger partial charge in [-0.1, -0.05) is 6.42 Å². The highest BCUT2D eigenvalue weighted by Gasteiger charge is 2.11. The Morgan fingerprint density at radius 1 is 0.900 bits per heavy atom. The van der Waals surface area contributed by atoms with Crippen LogP contribution in [0, 0.1) is 17.5 Å². The monoisotopic (exact) mass is 308 g/mol. The summed E-state index contributed by atoms with van der Waals surface area (Å²) in [6.07, 6.45) is 2.63. The molecule has 0 amide bonds. The maximum Gasteiger partial charge on any atom is 0.483 e. The minimum atomic E-state index is -1.98. The topological polar surface area (TPSA) is 27.7 Å². The van der Waals surface area contributed by atoms with Crippen LogP contribution in [-0.4, -0.2) is 30.4 Å². The summed E-state index contributed by atoms with van der Waals surface area (Å²) in [5.74, 6) is -2.88. The van der Waals surface area contributed by atoms with Gasteiger partial charge >= 0.3 is 9.53 Å². The van der Waals surface area contributed by atoms with Gasteiger partial charge in [-0.3, -0.25) is 0 Å². The molecular formula is C13H19F3O3Si. The van der Waals surface area contributed by atoms with E-state index >= 15 is 0 Å². The number of unbranched alkanes of at least 4 members (excludes halogenated alkanes) is 2. The molecule has 20 heavy (non-hydrogen) atoms. The van der Waals surface area contributed by atoms with E-state index in [9.17, 15) is 13.2 Å². The maximum absolute atomic E-state index is 13.3. The van der Waals surface area contributed by atoms with Gasteiger partial charge in [0.05, 0.1) is 0 Å². The quantitative estimate of drug-likeness (QED) is 0.399. The van der Waals surface area contributed by atoms with E-state index in [1.807, 2.05) is 0 Å². The molecular weight excluding hydrogens is 289 g/mol. The van der Waals surface area contributed by atoms with Crippen LogP contribution in [0.1, 0.15) is 24.8 Å². The average molecular weight is 308 g/mol. The van der Waals surface area contributed by atoms with Gasteiger partial charge < -0.3 is 13.3 Å².